The van der Waals surface area contributed by atoms with E-state index in [2.05, 4.69) is 19.9 Å². The number of amides is 2. The molecule has 0 N–H and O–H groups in total. The molecule has 1 aromatic rings. The van der Waals surface area contributed by atoms with Crippen LogP contribution in [0.25, 0.3) is 0 Å². The molecule has 0 saturated carbocycles. The summed E-state index contributed by atoms with van der Waals surface area (Å²) in [5.41, 5.74) is 3.00. The highest BCUT2D eigenvalue weighted by atomic mass is 16.2. The van der Waals surface area contributed by atoms with Crippen molar-refractivity contribution in [3.8, 4) is 0 Å². The molecule has 132 valence electrons. The van der Waals surface area contributed by atoms with Crippen LogP contribution >= 0.6 is 0 Å². The van der Waals surface area contributed by atoms with Gasteiger partial charge in [-0.3, -0.25) is 9.59 Å². The number of aryl methyl sites for hydroxylation is 1. The molecule has 0 atom stereocenters. The van der Waals surface area contributed by atoms with Crippen LogP contribution in [0.5, 0.6) is 0 Å². The molecule has 4 heteroatoms. The summed E-state index contributed by atoms with van der Waals surface area (Å²) in [4.78, 5) is 29.0. The Morgan fingerprint density at radius 2 is 1.58 bits per heavy atom. The molecule has 1 fully saturated rings. The Labute approximate surface area is 145 Å². The minimum atomic E-state index is 0.0113. The van der Waals surface area contributed by atoms with E-state index in [9.17, 15) is 9.59 Å². The molecule has 24 heavy (non-hydrogen) atoms. The molecule has 1 saturated heterocycles. The van der Waals surface area contributed by atoms with Gasteiger partial charge in [-0.2, -0.15) is 0 Å². The Morgan fingerprint density at radius 1 is 0.958 bits per heavy atom. The van der Waals surface area contributed by atoms with Gasteiger partial charge in [0.25, 0.3) is 5.91 Å². The molecule has 0 aromatic heterocycles. The van der Waals surface area contributed by atoms with Crippen LogP contribution < -0.4 is 0 Å². The van der Waals surface area contributed by atoms with Gasteiger partial charge in [0.15, 0.2) is 0 Å². The lowest BCUT2D eigenvalue weighted by Gasteiger charge is -2.24. The van der Waals surface area contributed by atoms with Gasteiger partial charge >= 0.3 is 0 Å². The van der Waals surface area contributed by atoms with Crippen LogP contribution in [-0.4, -0.2) is 47.8 Å². The van der Waals surface area contributed by atoms with Gasteiger partial charge in [0.2, 0.25) is 5.91 Å². The van der Waals surface area contributed by atoms with Crippen molar-refractivity contribution in [3.05, 3.63) is 34.9 Å². The van der Waals surface area contributed by atoms with Gasteiger partial charge in [-0.25, -0.2) is 0 Å². The van der Waals surface area contributed by atoms with Gasteiger partial charge in [0.05, 0.1) is 0 Å². The second-order valence-corrected chi connectivity index (χ2v) is 7.35. The van der Waals surface area contributed by atoms with E-state index < -0.39 is 0 Å². The lowest BCUT2D eigenvalue weighted by atomic mass is 9.97. The first-order chi connectivity index (χ1) is 11.3. The van der Waals surface area contributed by atoms with Crippen LogP contribution in [0.2, 0.25) is 0 Å². The lowest BCUT2D eigenvalue weighted by Crippen LogP contribution is -2.39. The number of hydrogen-bond donors (Lipinski definition) is 0. The fourth-order valence-electron chi connectivity index (χ4n) is 3.11. The van der Waals surface area contributed by atoms with Crippen molar-refractivity contribution in [1.82, 2.24) is 9.80 Å². The van der Waals surface area contributed by atoms with E-state index in [1.54, 1.807) is 0 Å². The van der Waals surface area contributed by atoms with Crippen LogP contribution in [0.1, 0.15) is 61.5 Å². The van der Waals surface area contributed by atoms with Crippen LogP contribution in [-0.2, 0) is 4.79 Å². The molecule has 0 radical (unpaired) electrons. The summed E-state index contributed by atoms with van der Waals surface area (Å²) in [5, 5.41) is 0. The minimum absolute atomic E-state index is 0.0113. The summed E-state index contributed by atoms with van der Waals surface area (Å²) in [6, 6.07) is 6.17. The van der Waals surface area contributed by atoms with Crippen LogP contribution in [0, 0.1) is 12.8 Å². The summed E-state index contributed by atoms with van der Waals surface area (Å²) in [7, 11) is 0. The molecule has 0 unspecified atom stereocenters. The smallest absolute Gasteiger partial charge is 0.254 e. The largest absolute Gasteiger partial charge is 0.341 e. The highest BCUT2D eigenvalue weighted by molar-refractivity contribution is 5.96. The van der Waals surface area contributed by atoms with Crippen molar-refractivity contribution in [2.24, 2.45) is 5.92 Å². The fraction of sp³-hybridized carbons (Fsp3) is 0.600. The monoisotopic (exact) mass is 330 g/mol. The van der Waals surface area contributed by atoms with Gasteiger partial charge < -0.3 is 9.80 Å². The number of hydrogen-bond acceptors (Lipinski definition) is 2. The second kappa shape index (κ2) is 7.82. The van der Waals surface area contributed by atoms with E-state index in [0.717, 1.165) is 24.1 Å². The van der Waals surface area contributed by atoms with Crippen molar-refractivity contribution in [1.29, 1.82) is 0 Å². The standard InChI is InChI=1S/C20H30N2O2/c1-14(2)17-8-7-16(5)18(13-17)20(24)22-10-6-9-21(11-12-22)19(23)15(3)4/h7-8,13-15H,6,9-12H2,1-5H3. The third-order valence-corrected chi connectivity index (χ3v) is 4.75. The van der Waals surface area contributed by atoms with Gasteiger partial charge in [-0.05, 0) is 36.5 Å². The lowest BCUT2D eigenvalue weighted by molar-refractivity contribution is -0.134. The summed E-state index contributed by atoms with van der Waals surface area (Å²) >= 11 is 0. The number of rotatable bonds is 3. The maximum atomic E-state index is 13.0. The molecule has 1 aromatic carbocycles. The number of carbonyl (C=O) groups is 2. The van der Waals surface area contributed by atoms with E-state index in [1.807, 2.05) is 42.7 Å². The summed E-state index contributed by atoms with van der Waals surface area (Å²) in [5.74, 6) is 0.689. The van der Waals surface area contributed by atoms with Crippen LogP contribution in [0.4, 0.5) is 0 Å². The maximum absolute atomic E-state index is 13.0. The molecule has 1 heterocycles. The Kier molecular flexibility index (Phi) is 6.03. The van der Waals surface area contributed by atoms with Crippen molar-refractivity contribution in [3.63, 3.8) is 0 Å². The Bertz CT molecular complexity index is 608. The zero-order valence-corrected chi connectivity index (χ0v) is 15.6. The summed E-state index contributed by atoms with van der Waals surface area (Å²) in [6.07, 6.45) is 0.840. The molecule has 1 aliphatic heterocycles. The summed E-state index contributed by atoms with van der Waals surface area (Å²) < 4.78 is 0. The molecule has 0 aliphatic carbocycles. The third kappa shape index (κ3) is 4.16. The van der Waals surface area contributed by atoms with Gasteiger partial charge in [-0.1, -0.05) is 39.8 Å². The Hall–Kier alpha value is -1.84. The average molecular weight is 330 g/mol. The minimum Gasteiger partial charge on any atom is -0.341 e. The van der Waals surface area contributed by atoms with Gasteiger partial charge in [-0.15, -0.1) is 0 Å². The number of nitrogens with zero attached hydrogens (tertiary/aromatic N) is 2. The van der Waals surface area contributed by atoms with E-state index >= 15 is 0 Å². The zero-order chi connectivity index (χ0) is 17.9. The predicted octanol–water partition coefficient (Wildman–Crippen LogP) is 3.45. The first-order valence-corrected chi connectivity index (χ1v) is 9.00. The fourth-order valence-corrected chi connectivity index (χ4v) is 3.11. The molecule has 0 spiro atoms. The number of benzene rings is 1. The van der Waals surface area contributed by atoms with E-state index in [0.29, 0.717) is 25.6 Å². The van der Waals surface area contributed by atoms with Crippen LogP contribution in [0.3, 0.4) is 0 Å². The Balaban J connectivity index is 2.13. The predicted molar refractivity (Wildman–Crippen MR) is 97.2 cm³/mol. The molecule has 2 amide bonds. The summed E-state index contributed by atoms with van der Waals surface area (Å²) in [6.45, 7) is 12.8. The molecular weight excluding hydrogens is 300 g/mol. The third-order valence-electron chi connectivity index (χ3n) is 4.75. The topological polar surface area (TPSA) is 40.6 Å². The van der Waals surface area contributed by atoms with E-state index in [4.69, 9.17) is 0 Å². The SMILES string of the molecule is Cc1ccc(C(C)C)cc1C(=O)N1CCCN(C(=O)C(C)C)CC1. The highest BCUT2D eigenvalue weighted by Crippen LogP contribution is 2.20. The molecule has 0 bridgehead atoms. The van der Waals surface area contributed by atoms with Crippen molar-refractivity contribution in [2.75, 3.05) is 26.2 Å². The molecular formula is C20H30N2O2. The highest BCUT2D eigenvalue weighted by Gasteiger charge is 2.24. The van der Waals surface area contributed by atoms with Crippen molar-refractivity contribution < 1.29 is 9.59 Å². The first-order valence-electron chi connectivity index (χ1n) is 9.00. The molecule has 1 aliphatic rings. The normalized spacial score (nSPS) is 15.8. The second-order valence-electron chi connectivity index (χ2n) is 7.35. The molecule has 4 nitrogen and oxygen atoms in total. The van der Waals surface area contributed by atoms with Gasteiger partial charge in [0, 0.05) is 37.7 Å². The first kappa shape index (κ1) is 18.5. The zero-order valence-electron chi connectivity index (χ0n) is 15.6. The quantitative estimate of drug-likeness (QED) is 0.852. The Morgan fingerprint density at radius 3 is 2.21 bits per heavy atom. The van der Waals surface area contributed by atoms with Gasteiger partial charge in [0.1, 0.15) is 0 Å². The van der Waals surface area contributed by atoms with E-state index in [-0.39, 0.29) is 17.7 Å². The van der Waals surface area contributed by atoms with E-state index in [1.165, 1.54) is 5.56 Å². The van der Waals surface area contributed by atoms with Crippen molar-refractivity contribution in [2.45, 2.75) is 47.0 Å². The average Bonchev–Trinajstić information content (AvgIpc) is 2.79. The molecule has 2 rings (SSSR count). The maximum Gasteiger partial charge on any atom is 0.254 e. The number of carbonyl (C=O) groups excluding carboxylic acids is 2. The van der Waals surface area contributed by atoms with Crippen molar-refractivity contribution >= 4 is 11.8 Å². The van der Waals surface area contributed by atoms with Crippen LogP contribution in [0.15, 0.2) is 18.2 Å².